The van der Waals surface area contributed by atoms with Crippen molar-refractivity contribution < 1.29 is 4.74 Å². The number of benzene rings is 2. The number of nitrogens with two attached hydrogens (primary N) is 1. The van der Waals surface area contributed by atoms with Gasteiger partial charge in [-0.1, -0.05) is 29.8 Å². The maximum Gasteiger partial charge on any atom is 0.138 e. The summed E-state index contributed by atoms with van der Waals surface area (Å²) in [6.07, 6.45) is 4.26. The number of hydrogen-bond donors (Lipinski definition) is 2. The average molecular weight is 393 g/mol. The molecule has 5 nitrogen and oxygen atoms in total. The van der Waals surface area contributed by atoms with E-state index >= 15 is 0 Å². The maximum absolute atomic E-state index is 6.22. The fourth-order valence-corrected chi connectivity index (χ4v) is 3.28. The summed E-state index contributed by atoms with van der Waals surface area (Å²) < 4.78 is 5.89. The number of hydrogen-bond acceptors (Lipinski definition) is 4. The van der Waals surface area contributed by atoms with Gasteiger partial charge in [-0.05, 0) is 54.8 Å². The van der Waals surface area contributed by atoms with Crippen LogP contribution in [0.2, 0.25) is 5.02 Å². The molecule has 142 valence electrons. The Morgan fingerprint density at radius 2 is 1.89 bits per heavy atom. The third-order valence-corrected chi connectivity index (χ3v) is 4.92. The Morgan fingerprint density at radius 1 is 1.07 bits per heavy atom. The SMILES string of the molecule is Cc1[nH]nc2ccc(-c3cncc(OC[C@@H](N)Cc4ccc(Cl)cc4)c3)cc12. The number of halogens is 1. The van der Waals surface area contributed by atoms with E-state index in [1.807, 2.05) is 55.6 Å². The molecule has 4 rings (SSSR count). The van der Waals surface area contributed by atoms with Gasteiger partial charge in [0.15, 0.2) is 0 Å². The minimum Gasteiger partial charge on any atom is -0.490 e. The van der Waals surface area contributed by atoms with Crippen molar-refractivity contribution >= 4 is 22.5 Å². The van der Waals surface area contributed by atoms with Crippen LogP contribution in [0.15, 0.2) is 60.9 Å². The zero-order chi connectivity index (χ0) is 19.5. The van der Waals surface area contributed by atoms with Crippen molar-refractivity contribution in [3.8, 4) is 16.9 Å². The molecule has 0 saturated heterocycles. The predicted molar refractivity (Wildman–Crippen MR) is 113 cm³/mol. The van der Waals surface area contributed by atoms with E-state index in [1.54, 1.807) is 6.20 Å². The van der Waals surface area contributed by atoms with Crippen LogP contribution in [-0.4, -0.2) is 27.8 Å². The van der Waals surface area contributed by atoms with Gasteiger partial charge in [-0.3, -0.25) is 10.1 Å². The molecule has 0 spiro atoms. The van der Waals surface area contributed by atoms with Gasteiger partial charge in [-0.25, -0.2) is 0 Å². The van der Waals surface area contributed by atoms with Gasteiger partial charge >= 0.3 is 0 Å². The van der Waals surface area contributed by atoms with Gasteiger partial charge in [0.2, 0.25) is 0 Å². The molecule has 0 unspecified atom stereocenters. The Labute approximate surface area is 168 Å². The minimum absolute atomic E-state index is 0.116. The summed E-state index contributed by atoms with van der Waals surface area (Å²) >= 11 is 5.92. The fraction of sp³-hybridized carbons (Fsp3) is 0.182. The van der Waals surface area contributed by atoms with Crippen molar-refractivity contribution in [1.29, 1.82) is 0 Å². The highest BCUT2D eigenvalue weighted by molar-refractivity contribution is 6.30. The summed E-state index contributed by atoms with van der Waals surface area (Å²) in [6.45, 7) is 2.42. The second-order valence-electron chi connectivity index (χ2n) is 6.89. The zero-order valence-electron chi connectivity index (χ0n) is 15.5. The van der Waals surface area contributed by atoms with Crippen LogP contribution in [0.1, 0.15) is 11.3 Å². The van der Waals surface area contributed by atoms with Gasteiger partial charge in [0.25, 0.3) is 0 Å². The first-order valence-electron chi connectivity index (χ1n) is 9.11. The lowest BCUT2D eigenvalue weighted by Crippen LogP contribution is -2.30. The standard InChI is InChI=1S/C22H21ClN4O/c1-14-21-10-16(4-7-22(21)27-26-14)17-9-20(12-25-11-17)28-13-19(24)8-15-2-5-18(23)6-3-15/h2-7,9-12,19H,8,13,24H2,1H3,(H,26,27)/t19-/m0/s1. The van der Waals surface area contributed by atoms with Crippen LogP contribution >= 0.6 is 11.6 Å². The van der Waals surface area contributed by atoms with Gasteiger partial charge in [-0.2, -0.15) is 5.10 Å². The first-order valence-corrected chi connectivity index (χ1v) is 9.49. The van der Waals surface area contributed by atoms with Crippen molar-refractivity contribution in [2.45, 2.75) is 19.4 Å². The number of nitrogens with one attached hydrogen (secondary N) is 1. The number of fused-ring (bicyclic) bond motifs is 1. The number of aromatic amines is 1. The van der Waals surface area contributed by atoms with Crippen molar-refractivity contribution in [2.24, 2.45) is 5.73 Å². The Bertz CT molecular complexity index is 1090. The maximum atomic E-state index is 6.22. The molecule has 6 heteroatoms. The summed E-state index contributed by atoms with van der Waals surface area (Å²) in [5.41, 5.74) is 11.4. The molecule has 2 aromatic carbocycles. The molecule has 2 aromatic heterocycles. The predicted octanol–water partition coefficient (Wildman–Crippen LogP) is 4.54. The van der Waals surface area contributed by atoms with E-state index in [4.69, 9.17) is 22.1 Å². The highest BCUT2D eigenvalue weighted by Gasteiger charge is 2.08. The Kier molecular flexibility index (Phi) is 5.28. The van der Waals surface area contributed by atoms with Gasteiger partial charge in [0, 0.05) is 33.9 Å². The van der Waals surface area contributed by atoms with Crippen LogP contribution in [0.3, 0.4) is 0 Å². The normalized spacial score (nSPS) is 12.2. The van der Waals surface area contributed by atoms with E-state index in [0.29, 0.717) is 12.4 Å². The number of nitrogens with zero attached hydrogens (tertiary/aromatic N) is 2. The molecule has 0 aliphatic carbocycles. The largest absolute Gasteiger partial charge is 0.490 e. The highest BCUT2D eigenvalue weighted by Crippen LogP contribution is 2.27. The summed E-state index contributed by atoms with van der Waals surface area (Å²) in [5, 5.41) is 9.11. The molecule has 3 N–H and O–H groups in total. The van der Waals surface area contributed by atoms with Crippen LogP contribution in [0.4, 0.5) is 0 Å². The third kappa shape index (κ3) is 4.16. The molecule has 0 radical (unpaired) electrons. The molecule has 0 amide bonds. The summed E-state index contributed by atoms with van der Waals surface area (Å²) in [6, 6.07) is 15.7. The molecule has 0 aliphatic rings. The summed E-state index contributed by atoms with van der Waals surface area (Å²) in [7, 11) is 0. The smallest absolute Gasteiger partial charge is 0.138 e. The molecule has 0 bridgehead atoms. The number of aryl methyl sites for hydroxylation is 1. The molecular weight excluding hydrogens is 372 g/mol. The highest BCUT2D eigenvalue weighted by atomic mass is 35.5. The van der Waals surface area contributed by atoms with Crippen LogP contribution in [0.5, 0.6) is 5.75 Å². The second kappa shape index (κ2) is 8.00. The lowest BCUT2D eigenvalue weighted by Gasteiger charge is -2.14. The van der Waals surface area contributed by atoms with E-state index in [-0.39, 0.29) is 6.04 Å². The Hall–Kier alpha value is -2.89. The van der Waals surface area contributed by atoms with Crippen LogP contribution in [0, 0.1) is 6.92 Å². The van der Waals surface area contributed by atoms with E-state index in [1.165, 1.54) is 0 Å². The summed E-state index contributed by atoms with van der Waals surface area (Å²) in [4.78, 5) is 4.32. The van der Waals surface area contributed by atoms with Gasteiger partial charge in [-0.15, -0.1) is 0 Å². The van der Waals surface area contributed by atoms with Crippen LogP contribution in [-0.2, 0) is 6.42 Å². The molecule has 4 aromatic rings. The van der Waals surface area contributed by atoms with Crippen molar-refractivity contribution in [2.75, 3.05) is 6.61 Å². The first-order chi connectivity index (χ1) is 13.6. The van der Waals surface area contributed by atoms with Gasteiger partial charge < -0.3 is 10.5 Å². The topological polar surface area (TPSA) is 76.8 Å². The quantitative estimate of drug-likeness (QED) is 0.505. The summed E-state index contributed by atoms with van der Waals surface area (Å²) in [5.74, 6) is 0.702. The first kappa shape index (κ1) is 18.5. The Balaban J connectivity index is 1.44. The van der Waals surface area contributed by atoms with Crippen molar-refractivity contribution in [1.82, 2.24) is 15.2 Å². The molecule has 0 saturated carbocycles. The number of pyridine rings is 1. The van der Waals surface area contributed by atoms with E-state index < -0.39 is 0 Å². The van der Waals surface area contributed by atoms with Gasteiger partial charge in [0.05, 0.1) is 11.7 Å². The lowest BCUT2D eigenvalue weighted by molar-refractivity contribution is 0.286. The average Bonchev–Trinajstić information content (AvgIpc) is 3.09. The molecule has 2 heterocycles. The number of aromatic nitrogens is 3. The monoisotopic (exact) mass is 392 g/mol. The van der Waals surface area contributed by atoms with E-state index in [2.05, 4.69) is 21.2 Å². The van der Waals surface area contributed by atoms with E-state index in [0.717, 1.165) is 44.7 Å². The number of rotatable bonds is 6. The molecular formula is C22H21ClN4O. The van der Waals surface area contributed by atoms with Crippen molar-refractivity contribution in [3.63, 3.8) is 0 Å². The molecule has 28 heavy (non-hydrogen) atoms. The van der Waals surface area contributed by atoms with E-state index in [9.17, 15) is 0 Å². The molecule has 0 aliphatic heterocycles. The molecule has 0 fully saturated rings. The lowest BCUT2D eigenvalue weighted by atomic mass is 10.0. The van der Waals surface area contributed by atoms with Crippen LogP contribution < -0.4 is 10.5 Å². The second-order valence-corrected chi connectivity index (χ2v) is 7.33. The molecule has 1 atom stereocenters. The third-order valence-electron chi connectivity index (χ3n) is 4.67. The zero-order valence-corrected chi connectivity index (χ0v) is 16.3. The van der Waals surface area contributed by atoms with Crippen molar-refractivity contribution in [3.05, 3.63) is 77.2 Å². The van der Waals surface area contributed by atoms with Crippen LogP contribution in [0.25, 0.3) is 22.0 Å². The minimum atomic E-state index is -0.116. The number of H-pyrrole nitrogens is 1. The Morgan fingerprint density at radius 3 is 2.71 bits per heavy atom. The van der Waals surface area contributed by atoms with Gasteiger partial charge in [0.1, 0.15) is 12.4 Å². The fourth-order valence-electron chi connectivity index (χ4n) is 3.16. The number of ether oxygens (including phenoxy) is 1.